The van der Waals surface area contributed by atoms with Gasteiger partial charge in [-0.25, -0.2) is 9.97 Å². The van der Waals surface area contributed by atoms with Crippen LogP contribution in [-0.2, 0) is 14.3 Å². The van der Waals surface area contributed by atoms with Crippen molar-refractivity contribution in [3.63, 3.8) is 0 Å². The van der Waals surface area contributed by atoms with Gasteiger partial charge in [-0.05, 0) is 24.6 Å². The van der Waals surface area contributed by atoms with Crippen LogP contribution in [0.1, 0.15) is 5.56 Å². The molecule has 2 aromatic rings. The topological polar surface area (TPSA) is 67.8 Å². The summed E-state index contributed by atoms with van der Waals surface area (Å²) in [6.45, 7) is 4.72. The first-order chi connectivity index (χ1) is 12.7. The molecule has 0 radical (unpaired) electrons. The molecule has 2 aliphatic heterocycles. The predicted molar refractivity (Wildman–Crippen MR) is 97.3 cm³/mol. The number of carbonyl (C=O) groups is 1. The van der Waals surface area contributed by atoms with Gasteiger partial charge in [0.1, 0.15) is 12.2 Å². The summed E-state index contributed by atoms with van der Waals surface area (Å²) in [5, 5.41) is 0. The third-order valence-corrected chi connectivity index (χ3v) is 4.72. The number of morpholine rings is 1. The molecule has 1 aromatic carbocycles. The second-order valence-corrected chi connectivity index (χ2v) is 6.82. The molecule has 1 aromatic heterocycles. The average molecular weight is 354 g/mol. The molecule has 0 unspecified atom stereocenters. The SMILES string of the molecule is Cc1cnc(N2CCOC[C@@]3(C2)CN(c2ccccc2)C(=O)CO3)nc1. The monoisotopic (exact) mass is 354 g/mol. The van der Waals surface area contributed by atoms with Gasteiger partial charge in [-0.3, -0.25) is 4.79 Å². The number of aryl methyl sites for hydroxylation is 1. The number of aromatic nitrogens is 2. The van der Waals surface area contributed by atoms with Crippen molar-refractivity contribution in [1.29, 1.82) is 0 Å². The predicted octanol–water partition coefficient (Wildman–Crippen LogP) is 1.42. The Kier molecular flexibility index (Phi) is 4.57. The summed E-state index contributed by atoms with van der Waals surface area (Å²) in [4.78, 5) is 25.2. The zero-order chi connectivity index (χ0) is 18.0. The van der Waals surface area contributed by atoms with Crippen molar-refractivity contribution < 1.29 is 14.3 Å². The fourth-order valence-electron chi connectivity index (χ4n) is 3.37. The van der Waals surface area contributed by atoms with Crippen LogP contribution in [-0.4, -0.2) is 60.9 Å². The largest absolute Gasteiger partial charge is 0.376 e. The number of ether oxygens (including phenoxy) is 2. The van der Waals surface area contributed by atoms with Crippen LogP contribution in [0.3, 0.4) is 0 Å². The van der Waals surface area contributed by atoms with Crippen molar-refractivity contribution >= 4 is 17.5 Å². The van der Waals surface area contributed by atoms with Gasteiger partial charge in [0.25, 0.3) is 5.91 Å². The Bertz CT molecular complexity index is 768. The molecule has 3 heterocycles. The molecule has 1 amide bonds. The Morgan fingerprint density at radius 3 is 2.65 bits per heavy atom. The normalized spacial score (nSPS) is 24.0. The van der Waals surface area contributed by atoms with Crippen molar-refractivity contribution in [1.82, 2.24) is 9.97 Å². The van der Waals surface area contributed by atoms with Gasteiger partial charge in [0, 0.05) is 24.6 Å². The van der Waals surface area contributed by atoms with E-state index < -0.39 is 5.60 Å². The van der Waals surface area contributed by atoms with Crippen molar-refractivity contribution in [3.8, 4) is 0 Å². The van der Waals surface area contributed by atoms with E-state index in [4.69, 9.17) is 9.47 Å². The number of anilines is 2. The Balaban J connectivity index is 1.59. The molecule has 0 aliphatic carbocycles. The Labute approximate surface area is 152 Å². The van der Waals surface area contributed by atoms with E-state index in [0.717, 1.165) is 11.3 Å². The lowest BCUT2D eigenvalue weighted by Gasteiger charge is -2.43. The molecule has 136 valence electrons. The smallest absolute Gasteiger partial charge is 0.253 e. The van der Waals surface area contributed by atoms with Crippen LogP contribution in [0.4, 0.5) is 11.6 Å². The summed E-state index contributed by atoms with van der Waals surface area (Å²) < 4.78 is 11.8. The minimum absolute atomic E-state index is 0.0378. The Morgan fingerprint density at radius 2 is 1.88 bits per heavy atom. The quantitative estimate of drug-likeness (QED) is 0.813. The zero-order valence-corrected chi connectivity index (χ0v) is 14.8. The van der Waals surface area contributed by atoms with Gasteiger partial charge >= 0.3 is 0 Å². The van der Waals surface area contributed by atoms with Gasteiger partial charge in [0.2, 0.25) is 5.95 Å². The van der Waals surface area contributed by atoms with Gasteiger partial charge in [0.05, 0.1) is 26.3 Å². The summed E-state index contributed by atoms with van der Waals surface area (Å²) in [6, 6.07) is 9.68. The van der Waals surface area contributed by atoms with Crippen molar-refractivity contribution in [2.24, 2.45) is 0 Å². The van der Waals surface area contributed by atoms with E-state index >= 15 is 0 Å². The Morgan fingerprint density at radius 1 is 1.12 bits per heavy atom. The second kappa shape index (κ2) is 7.01. The van der Waals surface area contributed by atoms with Crippen molar-refractivity contribution in [2.45, 2.75) is 12.5 Å². The first kappa shape index (κ1) is 16.9. The first-order valence-corrected chi connectivity index (χ1v) is 8.76. The molecular weight excluding hydrogens is 332 g/mol. The maximum Gasteiger partial charge on any atom is 0.253 e. The third kappa shape index (κ3) is 3.40. The summed E-state index contributed by atoms with van der Waals surface area (Å²) in [7, 11) is 0. The molecule has 0 saturated carbocycles. The molecule has 2 saturated heterocycles. The van der Waals surface area contributed by atoms with Crippen LogP contribution in [0.2, 0.25) is 0 Å². The van der Waals surface area contributed by atoms with Crippen LogP contribution in [0.25, 0.3) is 0 Å². The summed E-state index contributed by atoms with van der Waals surface area (Å²) in [5.41, 5.74) is 1.29. The average Bonchev–Trinajstić information content (AvgIpc) is 2.88. The van der Waals surface area contributed by atoms with E-state index in [1.807, 2.05) is 49.6 Å². The number of rotatable bonds is 2. The number of benzene rings is 1. The minimum atomic E-state index is -0.603. The third-order valence-electron chi connectivity index (χ3n) is 4.72. The lowest BCUT2D eigenvalue weighted by molar-refractivity contribution is -0.143. The number of para-hydroxylation sites is 1. The van der Waals surface area contributed by atoms with E-state index in [1.54, 1.807) is 4.90 Å². The van der Waals surface area contributed by atoms with Gasteiger partial charge < -0.3 is 19.3 Å². The van der Waals surface area contributed by atoms with E-state index in [9.17, 15) is 4.79 Å². The maximum atomic E-state index is 12.4. The maximum absolute atomic E-state index is 12.4. The van der Waals surface area contributed by atoms with E-state index in [2.05, 4.69) is 14.9 Å². The molecule has 7 heteroatoms. The molecule has 1 spiro atoms. The fraction of sp³-hybridized carbons (Fsp3) is 0.421. The summed E-state index contributed by atoms with van der Waals surface area (Å²) >= 11 is 0. The molecule has 1 atom stereocenters. The number of nitrogens with zero attached hydrogens (tertiary/aromatic N) is 4. The van der Waals surface area contributed by atoms with Crippen LogP contribution in [0.5, 0.6) is 0 Å². The lowest BCUT2D eigenvalue weighted by atomic mass is 10.0. The summed E-state index contributed by atoms with van der Waals surface area (Å²) in [5.74, 6) is 0.622. The van der Waals surface area contributed by atoms with Crippen LogP contribution in [0.15, 0.2) is 42.7 Å². The highest BCUT2D eigenvalue weighted by molar-refractivity contribution is 5.95. The van der Waals surface area contributed by atoms with Crippen molar-refractivity contribution in [3.05, 3.63) is 48.3 Å². The standard InChI is InChI=1S/C19H22N4O3/c1-15-9-20-18(21-10-15)22-7-8-25-14-19(12-22)13-23(17(24)11-26-19)16-5-3-2-4-6-16/h2-6,9-10H,7-8,11-14H2,1H3/t19-/m1/s1. The number of amides is 1. The summed E-state index contributed by atoms with van der Waals surface area (Å²) in [6.07, 6.45) is 3.62. The second-order valence-electron chi connectivity index (χ2n) is 6.82. The molecule has 0 bridgehead atoms. The molecule has 4 rings (SSSR count). The van der Waals surface area contributed by atoms with Crippen LogP contribution < -0.4 is 9.80 Å². The number of hydrogen-bond donors (Lipinski definition) is 0. The minimum Gasteiger partial charge on any atom is -0.376 e. The molecule has 7 nitrogen and oxygen atoms in total. The fourth-order valence-corrected chi connectivity index (χ4v) is 3.37. The number of hydrogen-bond acceptors (Lipinski definition) is 6. The van der Waals surface area contributed by atoms with E-state index in [0.29, 0.717) is 38.8 Å². The highest BCUT2D eigenvalue weighted by Gasteiger charge is 2.43. The van der Waals surface area contributed by atoms with Gasteiger partial charge in [-0.2, -0.15) is 0 Å². The van der Waals surface area contributed by atoms with Crippen LogP contribution >= 0.6 is 0 Å². The van der Waals surface area contributed by atoms with Crippen LogP contribution in [0, 0.1) is 6.92 Å². The highest BCUT2D eigenvalue weighted by Crippen LogP contribution is 2.28. The lowest BCUT2D eigenvalue weighted by Crippen LogP contribution is -2.61. The van der Waals surface area contributed by atoms with Gasteiger partial charge in [-0.1, -0.05) is 18.2 Å². The molecule has 26 heavy (non-hydrogen) atoms. The molecule has 2 fully saturated rings. The molecule has 0 N–H and O–H groups in total. The number of carbonyl (C=O) groups excluding carboxylic acids is 1. The van der Waals surface area contributed by atoms with E-state index in [-0.39, 0.29) is 12.5 Å². The van der Waals surface area contributed by atoms with E-state index in [1.165, 1.54) is 0 Å². The molecule has 2 aliphatic rings. The van der Waals surface area contributed by atoms with Gasteiger partial charge in [-0.15, -0.1) is 0 Å². The zero-order valence-electron chi connectivity index (χ0n) is 14.8. The highest BCUT2D eigenvalue weighted by atomic mass is 16.6. The Hall–Kier alpha value is -2.51. The first-order valence-electron chi connectivity index (χ1n) is 8.76. The molecular formula is C19H22N4O3. The van der Waals surface area contributed by atoms with Gasteiger partial charge in [0.15, 0.2) is 0 Å². The van der Waals surface area contributed by atoms with Crippen molar-refractivity contribution in [2.75, 3.05) is 49.3 Å².